The lowest BCUT2D eigenvalue weighted by molar-refractivity contribution is 0.0309. The van der Waals surface area contributed by atoms with Gasteiger partial charge < -0.3 is 15.6 Å². The molecule has 0 heterocycles. The van der Waals surface area contributed by atoms with E-state index in [0.29, 0.717) is 18.2 Å². The summed E-state index contributed by atoms with van der Waals surface area (Å²) in [5, 5.41) is 10.6. The largest absolute Gasteiger partial charge is 0.389 e. The molecule has 0 fully saturated rings. The summed E-state index contributed by atoms with van der Waals surface area (Å²) in [7, 11) is 3.54. The zero-order valence-corrected chi connectivity index (χ0v) is 13.2. The van der Waals surface area contributed by atoms with Crippen LogP contribution in [0.3, 0.4) is 0 Å². The number of likely N-dealkylation sites (N-methyl/N-ethyl adjacent to an activating group) is 1. The molecule has 20 heavy (non-hydrogen) atoms. The van der Waals surface area contributed by atoms with Gasteiger partial charge in [0, 0.05) is 30.8 Å². The predicted molar refractivity (Wildman–Crippen MR) is 83.0 cm³/mol. The number of rotatable bonds is 8. The highest BCUT2D eigenvalue weighted by atomic mass is 35.5. The SMILES string of the molecule is CCC(N)C(c1cccc(Cl)c1)N(C)CC(O)COC. The van der Waals surface area contributed by atoms with Gasteiger partial charge in [0.2, 0.25) is 0 Å². The molecule has 0 bridgehead atoms. The van der Waals surface area contributed by atoms with Gasteiger partial charge in [0.25, 0.3) is 0 Å². The summed E-state index contributed by atoms with van der Waals surface area (Å²) in [5.41, 5.74) is 7.32. The van der Waals surface area contributed by atoms with Gasteiger partial charge in [0.15, 0.2) is 0 Å². The van der Waals surface area contributed by atoms with Crippen LogP contribution in [-0.2, 0) is 4.74 Å². The first-order chi connectivity index (χ1) is 9.49. The van der Waals surface area contributed by atoms with E-state index in [1.165, 1.54) is 0 Å². The molecule has 0 aliphatic rings. The molecule has 3 N–H and O–H groups in total. The normalized spacial score (nSPS) is 16.1. The number of hydrogen-bond donors (Lipinski definition) is 2. The number of benzene rings is 1. The standard InChI is InChI=1S/C15H25ClN2O2/c1-4-14(17)15(11-6-5-7-12(16)8-11)18(2)9-13(19)10-20-3/h5-8,13-15,19H,4,9-10,17H2,1-3H3. The second-order valence-electron chi connectivity index (χ2n) is 5.12. The lowest BCUT2D eigenvalue weighted by atomic mass is 9.96. The number of aliphatic hydroxyl groups is 1. The molecule has 114 valence electrons. The summed E-state index contributed by atoms with van der Waals surface area (Å²) in [4.78, 5) is 2.06. The van der Waals surface area contributed by atoms with Crippen LogP contribution in [0.1, 0.15) is 24.9 Å². The van der Waals surface area contributed by atoms with Crippen molar-refractivity contribution >= 4 is 11.6 Å². The molecule has 0 spiro atoms. The van der Waals surface area contributed by atoms with E-state index in [1.807, 2.05) is 31.3 Å². The Balaban J connectivity index is 2.89. The zero-order chi connectivity index (χ0) is 15.1. The molecule has 5 heteroatoms. The number of aliphatic hydroxyl groups excluding tert-OH is 1. The maximum absolute atomic E-state index is 9.89. The summed E-state index contributed by atoms with van der Waals surface area (Å²) >= 11 is 6.07. The molecule has 0 amide bonds. The van der Waals surface area contributed by atoms with Gasteiger partial charge in [-0.25, -0.2) is 0 Å². The van der Waals surface area contributed by atoms with Gasteiger partial charge in [-0.3, -0.25) is 4.90 Å². The second-order valence-corrected chi connectivity index (χ2v) is 5.56. The molecule has 3 atom stereocenters. The third-order valence-corrected chi connectivity index (χ3v) is 3.63. The van der Waals surface area contributed by atoms with E-state index in [4.69, 9.17) is 22.1 Å². The van der Waals surface area contributed by atoms with Crippen LogP contribution in [0.4, 0.5) is 0 Å². The van der Waals surface area contributed by atoms with Crippen LogP contribution in [-0.4, -0.2) is 49.5 Å². The van der Waals surface area contributed by atoms with E-state index in [0.717, 1.165) is 12.0 Å². The third kappa shape index (κ3) is 5.04. The monoisotopic (exact) mass is 300 g/mol. The smallest absolute Gasteiger partial charge is 0.0900 e. The van der Waals surface area contributed by atoms with Crippen molar-refractivity contribution in [3.8, 4) is 0 Å². The van der Waals surface area contributed by atoms with E-state index in [9.17, 15) is 5.11 Å². The average molecular weight is 301 g/mol. The van der Waals surface area contributed by atoms with Gasteiger partial charge >= 0.3 is 0 Å². The number of hydrogen-bond acceptors (Lipinski definition) is 4. The molecule has 1 rings (SSSR count). The first-order valence-corrected chi connectivity index (χ1v) is 7.25. The van der Waals surface area contributed by atoms with Crippen molar-refractivity contribution in [2.45, 2.75) is 31.5 Å². The fraction of sp³-hybridized carbons (Fsp3) is 0.600. The quantitative estimate of drug-likeness (QED) is 0.771. The number of methoxy groups -OCH3 is 1. The molecule has 0 saturated carbocycles. The molecule has 4 nitrogen and oxygen atoms in total. The summed E-state index contributed by atoms with van der Waals surface area (Å²) in [5.74, 6) is 0. The Bertz CT molecular complexity index is 403. The van der Waals surface area contributed by atoms with Crippen molar-refractivity contribution in [3.63, 3.8) is 0 Å². The van der Waals surface area contributed by atoms with Gasteiger partial charge in [-0.05, 0) is 31.2 Å². The fourth-order valence-electron chi connectivity index (χ4n) is 2.43. The molecule has 3 unspecified atom stereocenters. The van der Waals surface area contributed by atoms with Crippen LogP contribution in [0.25, 0.3) is 0 Å². The summed E-state index contributed by atoms with van der Waals surface area (Å²) in [6.45, 7) is 2.87. The van der Waals surface area contributed by atoms with Gasteiger partial charge in [0.05, 0.1) is 12.7 Å². The highest BCUT2D eigenvalue weighted by Gasteiger charge is 2.24. The number of halogens is 1. The van der Waals surface area contributed by atoms with Crippen LogP contribution in [0.2, 0.25) is 5.02 Å². The maximum atomic E-state index is 9.89. The zero-order valence-electron chi connectivity index (χ0n) is 12.4. The Labute approximate surface area is 126 Å². The molecule has 1 aromatic rings. The molecule has 1 aromatic carbocycles. The molecule has 0 radical (unpaired) electrons. The van der Waals surface area contributed by atoms with Crippen LogP contribution >= 0.6 is 11.6 Å². The average Bonchev–Trinajstić information content (AvgIpc) is 2.39. The molecule has 0 aromatic heterocycles. The van der Waals surface area contributed by atoms with E-state index in [-0.39, 0.29) is 12.1 Å². The van der Waals surface area contributed by atoms with Crippen molar-refractivity contribution in [1.82, 2.24) is 4.90 Å². The number of nitrogens with two attached hydrogens (primary N) is 1. The minimum absolute atomic E-state index is 0.0187. The van der Waals surface area contributed by atoms with Crippen molar-refractivity contribution in [2.75, 3.05) is 27.3 Å². The molecule has 0 aliphatic carbocycles. The Morgan fingerprint density at radius 2 is 2.15 bits per heavy atom. The molecule has 0 saturated heterocycles. The number of nitrogens with zero attached hydrogens (tertiary/aromatic N) is 1. The molecule has 0 aliphatic heterocycles. The minimum Gasteiger partial charge on any atom is -0.389 e. The second kappa shape index (κ2) is 8.60. The fourth-order valence-corrected chi connectivity index (χ4v) is 2.63. The minimum atomic E-state index is -0.532. The van der Waals surface area contributed by atoms with Crippen LogP contribution in [0.5, 0.6) is 0 Å². The summed E-state index contributed by atoms with van der Waals surface area (Å²) in [6.07, 6.45) is 0.317. The highest BCUT2D eigenvalue weighted by molar-refractivity contribution is 6.30. The Kier molecular flexibility index (Phi) is 7.48. The lowest BCUT2D eigenvalue weighted by Gasteiger charge is -2.34. The summed E-state index contributed by atoms with van der Waals surface area (Å²) < 4.78 is 4.97. The Hall–Kier alpha value is -0.650. The lowest BCUT2D eigenvalue weighted by Crippen LogP contribution is -2.42. The van der Waals surface area contributed by atoms with E-state index in [2.05, 4.69) is 11.8 Å². The van der Waals surface area contributed by atoms with Gasteiger partial charge in [-0.2, -0.15) is 0 Å². The van der Waals surface area contributed by atoms with Gasteiger partial charge in [-0.1, -0.05) is 30.7 Å². The van der Waals surface area contributed by atoms with Crippen molar-refractivity contribution in [3.05, 3.63) is 34.9 Å². The summed E-state index contributed by atoms with van der Waals surface area (Å²) in [6, 6.07) is 7.72. The molecular weight excluding hydrogens is 276 g/mol. The first kappa shape index (κ1) is 17.4. The van der Waals surface area contributed by atoms with E-state index in [1.54, 1.807) is 7.11 Å². The molecular formula is C15H25ClN2O2. The van der Waals surface area contributed by atoms with Crippen LogP contribution < -0.4 is 5.73 Å². The van der Waals surface area contributed by atoms with Crippen LogP contribution in [0.15, 0.2) is 24.3 Å². The maximum Gasteiger partial charge on any atom is 0.0900 e. The van der Waals surface area contributed by atoms with Crippen molar-refractivity contribution in [1.29, 1.82) is 0 Å². The predicted octanol–water partition coefficient (Wildman–Crippen LogP) is 2.06. The Morgan fingerprint density at radius 1 is 1.45 bits per heavy atom. The number of ether oxygens (including phenoxy) is 1. The van der Waals surface area contributed by atoms with E-state index < -0.39 is 6.10 Å². The van der Waals surface area contributed by atoms with Crippen molar-refractivity contribution < 1.29 is 9.84 Å². The third-order valence-electron chi connectivity index (χ3n) is 3.40. The first-order valence-electron chi connectivity index (χ1n) is 6.87. The van der Waals surface area contributed by atoms with Crippen molar-refractivity contribution in [2.24, 2.45) is 5.73 Å². The van der Waals surface area contributed by atoms with E-state index >= 15 is 0 Å². The topological polar surface area (TPSA) is 58.7 Å². The Morgan fingerprint density at radius 3 is 2.70 bits per heavy atom. The van der Waals surface area contributed by atoms with Crippen LogP contribution in [0, 0.1) is 0 Å². The highest BCUT2D eigenvalue weighted by Crippen LogP contribution is 2.26. The van der Waals surface area contributed by atoms with Gasteiger partial charge in [0.1, 0.15) is 0 Å². The van der Waals surface area contributed by atoms with Gasteiger partial charge in [-0.15, -0.1) is 0 Å².